The maximum absolute atomic E-state index is 9.55. The summed E-state index contributed by atoms with van der Waals surface area (Å²) in [5.41, 5.74) is 3.75. The van der Waals surface area contributed by atoms with Crippen molar-refractivity contribution in [2.24, 2.45) is 0 Å². The molecule has 1 aromatic heterocycles. The van der Waals surface area contributed by atoms with Crippen LogP contribution in [0.5, 0.6) is 5.75 Å². The summed E-state index contributed by atoms with van der Waals surface area (Å²) in [7, 11) is 1.94. The largest absolute Gasteiger partial charge is 0.492 e. The molecule has 0 saturated heterocycles. The lowest BCUT2D eigenvalue weighted by Gasteiger charge is -2.09. The molecule has 0 aliphatic carbocycles. The first-order valence-corrected chi connectivity index (χ1v) is 10.5. The molecule has 0 fully saturated rings. The molecule has 0 aliphatic rings. The zero-order valence-corrected chi connectivity index (χ0v) is 18.3. The van der Waals surface area contributed by atoms with E-state index in [2.05, 4.69) is 82.7 Å². The molecule has 0 amide bonds. The summed E-state index contributed by atoms with van der Waals surface area (Å²) in [4.78, 5) is 19.1. The van der Waals surface area contributed by atoms with Crippen molar-refractivity contribution < 1.29 is 24.5 Å². The monoisotopic (exact) mass is 446 g/mol. The van der Waals surface area contributed by atoms with Gasteiger partial charge in [-0.1, -0.05) is 54.6 Å². The van der Waals surface area contributed by atoms with Crippen LogP contribution < -0.4 is 10.1 Å². The number of nitrogens with zero attached hydrogens (tertiary/aromatic N) is 1. The first kappa shape index (κ1) is 23.6. The number of fused-ring (bicyclic) bond motifs is 3. The molecule has 170 valence electrons. The van der Waals surface area contributed by atoms with Crippen LogP contribution in [0.3, 0.4) is 0 Å². The highest BCUT2D eigenvalue weighted by atomic mass is 16.5. The molecule has 33 heavy (non-hydrogen) atoms. The average Bonchev–Trinajstić information content (AvgIpc) is 3.13. The van der Waals surface area contributed by atoms with Crippen LogP contribution in [-0.4, -0.2) is 46.9 Å². The first-order chi connectivity index (χ1) is 16.0. The Hall–Kier alpha value is -4.10. The quantitative estimate of drug-likeness (QED) is 0.278. The van der Waals surface area contributed by atoms with E-state index >= 15 is 0 Å². The highest BCUT2D eigenvalue weighted by Gasteiger charge is 2.14. The van der Waals surface area contributed by atoms with Gasteiger partial charge in [0, 0.05) is 41.5 Å². The Bertz CT molecular complexity index is 1250. The number of hydrogen-bond donors (Lipinski definition) is 3. The number of rotatable bonds is 8. The van der Waals surface area contributed by atoms with E-state index in [0.717, 1.165) is 18.8 Å². The number of carboxylic acids is 2. The van der Waals surface area contributed by atoms with Crippen LogP contribution in [0.4, 0.5) is 0 Å². The smallest absolute Gasteiger partial charge is 0.328 e. The summed E-state index contributed by atoms with van der Waals surface area (Å²) in [5.74, 6) is -1.56. The van der Waals surface area contributed by atoms with Crippen LogP contribution in [0.1, 0.15) is 5.56 Å². The maximum atomic E-state index is 9.55. The fraction of sp³-hybridized carbons (Fsp3) is 0.154. The van der Waals surface area contributed by atoms with Gasteiger partial charge in [-0.3, -0.25) is 0 Å². The molecule has 0 bridgehead atoms. The van der Waals surface area contributed by atoms with Crippen LogP contribution in [0.2, 0.25) is 0 Å². The lowest BCUT2D eigenvalue weighted by atomic mass is 10.1. The van der Waals surface area contributed by atoms with E-state index in [1.54, 1.807) is 0 Å². The minimum Gasteiger partial charge on any atom is -0.492 e. The van der Waals surface area contributed by atoms with Gasteiger partial charge in [0.1, 0.15) is 12.4 Å². The number of aliphatic carboxylic acids is 2. The van der Waals surface area contributed by atoms with Crippen LogP contribution in [0.15, 0.2) is 84.9 Å². The Kier molecular flexibility index (Phi) is 8.21. The van der Waals surface area contributed by atoms with Gasteiger partial charge in [-0.25, -0.2) is 9.59 Å². The molecule has 0 radical (unpaired) electrons. The lowest BCUT2D eigenvalue weighted by molar-refractivity contribution is -0.134. The van der Waals surface area contributed by atoms with Gasteiger partial charge in [0.25, 0.3) is 0 Å². The predicted octanol–water partition coefficient (Wildman–Crippen LogP) is 4.15. The van der Waals surface area contributed by atoms with Crippen molar-refractivity contribution in [2.75, 3.05) is 20.2 Å². The predicted molar refractivity (Wildman–Crippen MR) is 129 cm³/mol. The maximum Gasteiger partial charge on any atom is 0.328 e. The summed E-state index contributed by atoms with van der Waals surface area (Å²) < 4.78 is 8.44. The molecular formula is C26H26N2O5. The third kappa shape index (κ3) is 6.21. The van der Waals surface area contributed by atoms with Gasteiger partial charge in [-0.2, -0.15) is 0 Å². The Balaban J connectivity index is 0.000000331. The summed E-state index contributed by atoms with van der Waals surface area (Å²) in [6, 6.07) is 25.5. The molecule has 0 aliphatic heterocycles. The highest BCUT2D eigenvalue weighted by molar-refractivity contribution is 6.11. The Morgan fingerprint density at radius 1 is 0.879 bits per heavy atom. The van der Waals surface area contributed by atoms with E-state index in [4.69, 9.17) is 14.9 Å². The number of carbonyl (C=O) groups is 2. The summed E-state index contributed by atoms with van der Waals surface area (Å²) in [6.45, 7) is 2.34. The molecule has 4 aromatic rings. The van der Waals surface area contributed by atoms with Crippen molar-refractivity contribution in [3.05, 3.63) is 90.5 Å². The number of ether oxygens (including phenoxy) is 1. The second-order valence-electron chi connectivity index (χ2n) is 7.20. The Morgan fingerprint density at radius 2 is 1.52 bits per heavy atom. The first-order valence-electron chi connectivity index (χ1n) is 10.5. The zero-order chi connectivity index (χ0) is 23.6. The summed E-state index contributed by atoms with van der Waals surface area (Å²) in [5, 5.41) is 21.2. The third-order valence-electron chi connectivity index (χ3n) is 4.92. The SMILES string of the molecule is CNCCOc1cccc2c1c1ccccc1n2Cc1ccccc1.O=C(O)/C=C/C(=O)O. The molecule has 0 spiro atoms. The van der Waals surface area contributed by atoms with E-state index in [-0.39, 0.29) is 0 Å². The van der Waals surface area contributed by atoms with Crippen molar-refractivity contribution in [3.63, 3.8) is 0 Å². The lowest BCUT2D eigenvalue weighted by Crippen LogP contribution is -2.15. The molecule has 7 heteroatoms. The second kappa shape index (κ2) is 11.5. The van der Waals surface area contributed by atoms with E-state index in [1.165, 1.54) is 27.4 Å². The number of para-hydroxylation sites is 1. The number of carboxylic acid groups (broad SMARTS) is 2. The van der Waals surface area contributed by atoms with Gasteiger partial charge in [-0.15, -0.1) is 0 Å². The molecule has 0 saturated carbocycles. The van der Waals surface area contributed by atoms with Gasteiger partial charge in [0.2, 0.25) is 0 Å². The van der Waals surface area contributed by atoms with E-state index in [1.807, 2.05) is 7.05 Å². The molecule has 1 heterocycles. The number of aromatic nitrogens is 1. The van der Waals surface area contributed by atoms with Crippen molar-refractivity contribution in [1.29, 1.82) is 0 Å². The average molecular weight is 447 g/mol. The normalized spacial score (nSPS) is 10.8. The Labute approximate surface area is 191 Å². The third-order valence-corrected chi connectivity index (χ3v) is 4.92. The molecular weight excluding hydrogens is 420 g/mol. The number of hydrogen-bond acceptors (Lipinski definition) is 4. The summed E-state index contributed by atoms with van der Waals surface area (Å²) >= 11 is 0. The van der Waals surface area contributed by atoms with Crippen molar-refractivity contribution in [3.8, 4) is 5.75 Å². The van der Waals surface area contributed by atoms with Gasteiger partial charge >= 0.3 is 11.9 Å². The minimum atomic E-state index is -1.26. The van der Waals surface area contributed by atoms with Gasteiger partial charge in [0.15, 0.2) is 0 Å². The second-order valence-corrected chi connectivity index (χ2v) is 7.20. The molecule has 0 unspecified atom stereocenters. The standard InChI is InChI=1S/C22H22N2O.C4H4O4/c1-23-14-15-25-21-13-7-12-20-22(21)18-10-5-6-11-19(18)24(20)16-17-8-3-2-4-9-17;5-3(6)1-2-4(7)8/h2-13,23H,14-16H2,1H3;1-2H,(H,5,6)(H,7,8)/b;2-1+. The van der Waals surface area contributed by atoms with Crippen molar-refractivity contribution >= 4 is 33.7 Å². The molecule has 4 rings (SSSR count). The fourth-order valence-electron chi connectivity index (χ4n) is 3.53. The Morgan fingerprint density at radius 3 is 2.18 bits per heavy atom. The number of likely N-dealkylation sites (N-methyl/N-ethyl adjacent to an activating group) is 1. The van der Waals surface area contributed by atoms with Gasteiger partial charge in [-0.05, 0) is 30.8 Å². The fourth-order valence-corrected chi connectivity index (χ4v) is 3.53. The van der Waals surface area contributed by atoms with E-state index in [0.29, 0.717) is 18.8 Å². The van der Waals surface area contributed by atoms with E-state index in [9.17, 15) is 9.59 Å². The van der Waals surface area contributed by atoms with Gasteiger partial charge in [0.05, 0.1) is 5.52 Å². The minimum absolute atomic E-state index is 0.558. The van der Waals surface area contributed by atoms with Crippen LogP contribution in [-0.2, 0) is 16.1 Å². The van der Waals surface area contributed by atoms with Gasteiger partial charge < -0.3 is 24.8 Å². The highest BCUT2D eigenvalue weighted by Crippen LogP contribution is 2.36. The van der Waals surface area contributed by atoms with Crippen molar-refractivity contribution in [1.82, 2.24) is 9.88 Å². The molecule has 3 N–H and O–H groups in total. The van der Waals surface area contributed by atoms with Crippen molar-refractivity contribution in [2.45, 2.75) is 6.54 Å². The number of nitrogens with one attached hydrogen (secondary N) is 1. The zero-order valence-electron chi connectivity index (χ0n) is 18.3. The van der Waals surface area contributed by atoms with Crippen LogP contribution in [0, 0.1) is 0 Å². The molecule has 3 aromatic carbocycles. The topological polar surface area (TPSA) is 101 Å². The molecule has 7 nitrogen and oxygen atoms in total. The summed E-state index contributed by atoms with van der Waals surface area (Å²) in [6.07, 6.45) is 1.12. The number of benzene rings is 3. The van der Waals surface area contributed by atoms with E-state index < -0.39 is 11.9 Å². The van der Waals surface area contributed by atoms with Crippen LogP contribution in [0.25, 0.3) is 21.8 Å². The molecule has 0 atom stereocenters. The van der Waals surface area contributed by atoms with Crippen LogP contribution >= 0.6 is 0 Å².